The molecule has 0 radical (unpaired) electrons. The molecule has 0 spiro atoms. The Balaban J connectivity index is 1.33. The standard InChI is InChI=1S/C34H21NO2S/c36-33-28-19-17-23-10-5-7-15-27(23)32(28)34(37)29(33)21-25-18-20-31(38-25)35(24-12-2-1-3-13-24)30-16-8-11-22-9-4-6-14-26(22)30/h1-21H/b29-21+. The molecule has 0 fully saturated rings. The molecule has 0 amide bonds. The minimum atomic E-state index is -0.209. The first-order valence-corrected chi connectivity index (χ1v) is 13.3. The molecule has 0 saturated heterocycles. The smallest absolute Gasteiger partial charge is 0.198 e. The van der Waals surface area contributed by atoms with Gasteiger partial charge in [0.25, 0.3) is 0 Å². The van der Waals surface area contributed by atoms with Gasteiger partial charge < -0.3 is 4.90 Å². The van der Waals surface area contributed by atoms with Crippen LogP contribution in [0.2, 0.25) is 0 Å². The molecule has 3 nitrogen and oxygen atoms in total. The van der Waals surface area contributed by atoms with Crippen LogP contribution in [0.1, 0.15) is 25.6 Å². The number of allylic oxidation sites excluding steroid dienone is 1. The summed E-state index contributed by atoms with van der Waals surface area (Å²) in [6.45, 7) is 0. The number of fused-ring (bicyclic) bond motifs is 4. The minimum absolute atomic E-state index is 0.203. The van der Waals surface area contributed by atoms with Crippen molar-refractivity contribution in [3.05, 3.63) is 143 Å². The fourth-order valence-corrected chi connectivity index (χ4v) is 6.25. The van der Waals surface area contributed by atoms with Crippen molar-refractivity contribution < 1.29 is 9.59 Å². The lowest BCUT2D eigenvalue weighted by molar-refractivity contribution is 0.0991. The molecule has 1 aliphatic carbocycles. The van der Waals surface area contributed by atoms with Gasteiger partial charge in [-0.1, -0.05) is 84.9 Å². The molecular weight excluding hydrogens is 486 g/mol. The van der Waals surface area contributed by atoms with Crippen molar-refractivity contribution in [2.24, 2.45) is 0 Å². The molecule has 0 bridgehead atoms. The van der Waals surface area contributed by atoms with Crippen LogP contribution in [0.3, 0.4) is 0 Å². The van der Waals surface area contributed by atoms with Crippen molar-refractivity contribution in [2.45, 2.75) is 0 Å². The second-order valence-electron chi connectivity index (χ2n) is 9.27. The lowest BCUT2D eigenvalue weighted by Crippen LogP contribution is -2.08. The summed E-state index contributed by atoms with van der Waals surface area (Å²) in [5, 5.41) is 5.10. The maximum Gasteiger partial charge on any atom is 0.198 e. The van der Waals surface area contributed by atoms with E-state index in [0.29, 0.717) is 11.1 Å². The quantitative estimate of drug-likeness (QED) is 0.176. The average molecular weight is 508 g/mol. The first-order chi connectivity index (χ1) is 18.7. The van der Waals surface area contributed by atoms with Gasteiger partial charge in [0.05, 0.1) is 11.3 Å². The maximum absolute atomic E-state index is 13.5. The predicted molar refractivity (Wildman–Crippen MR) is 157 cm³/mol. The lowest BCUT2D eigenvalue weighted by Gasteiger charge is -2.25. The van der Waals surface area contributed by atoms with Crippen LogP contribution in [0.4, 0.5) is 16.4 Å². The van der Waals surface area contributed by atoms with E-state index >= 15 is 0 Å². The number of thiophene rings is 1. The molecule has 1 aromatic heterocycles. The molecule has 0 saturated carbocycles. The first-order valence-electron chi connectivity index (χ1n) is 12.4. The summed E-state index contributed by atoms with van der Waals surface area (Å²) in [5.41, 5.74) is 3.33. The molecule has 5 aromatic carbocycles. The van der Waals surface area contributed by atoms with E-state index in [9.17, 15) is 9.59 Å². The predicted octanol–water partition coefficient (Wildman–Crippen LogP) is 8.99. The Hall–Kier alpha value is -4.80. The highest BCUT2D eigenvalue weighted by Crippen LogP contribution is 2.43. The number of benzene rings is 5. The van der Waals surface area contributed by atoms with Crippen molar-refractivity contribution in [1.29, 1.82) is 0 Å². The third-order valence-electron chi connectivity index (χ3n) is 7.03. The van der Waals surface area contributed by atoms with Crippen LogP contribution >= 0.6 is 11.3 Å². The molecule has 0 aliphatic heterocycles. The van der Waals surface area contributed by atoms with Crippen LogP contribution in [0.25, 0.3) is 27.6 Å². The van der Waals surface area contributed by atoms with Gasteiger partial charge in [-0.3, -0.25) is 9.59 Å². The highest BCUT2D eigenvalue weighted by atomic mass is 32.1. The summed E-state index contributed by atoms with van der Waals surface area (Å²) in [6.07, 6.45) is 1.75. The van der Waals surface area contributed by atoms with Gasteiger partial charge in [-0.15, -0.1) is 11.3 Å². The van der Waals surface area contributed by atoms with E-state index in [4.69, 9.17) is 0 Å². The zero-order valence-corrected chi connectivity index (χ0v) is 21.1. The third kappa shape index (κ3) is 3.58. The van der Waals surface area contributed by atoms with Crippen molar-refractivity contribution in [3.8, 4) is 0 Å². The van der Waals surface area contributed by atoms with Crippen molar-refractivity contribution in [3.63, 3.8) is 0 Å². The number of Topliss-reactive ketones (excluding diaryl/α,β-unsaturated/α-hetero) is 2. The molecule has 0 atom stereocenters. The van der Waals surface area contributed by atoms with E-state index in [1.165, 1.54) is 0 Å². The van der Waals surface area contributed by atoms with Gasteiger partial charge in [-0.2, -0.15) is 0 Å². The summed E-state index contributed by atoms with van der Waals surface area (Å²) in [6, 6.07) is 40.3. The summed E-state index contributed by atoms with van der Waals surface area (Å²) in [5.74, 6) is -0.412. The Morgan fingerprint density at radius 2 is 1.26 bits per heavy atom. The number of nitrogens with zero attached hydrogens (tertiary/aromatic N) is 1. The number of carbonyl (C=O) groups excluding carboxylic acids is 2. The van der Waals surface area contributed by atoms with Crippen molar-refractivity contribution in [1.82, 2.24) is 0 Å². The SMILES string of the molecule is O=C1/C(=C\c2ccc(N(c3ccccc3)c3cccc4ccccc34)s2)C(=O)c2c1ccc1ccccc21. The minimum Gasteiger partial charge on any atom is -0.301 e. The number of hydrogen-bond donors (Lipinski definition) is 0. The van der Waals surface area contributed by atoms with E-state index in [0.717, 1.165) is 42.8 Å². The van der Waals surface area contributed by atoms with E-state index in [1.54, 1.807) is 23.5 Å². The van der Waals surface area contributed by atoms with Gasteiger partial charge in [-0.25, -0.2) is 0 Å². The molecule has 180 valence electrons. The van der Waals surface area contributed by atoms with E-state index < -0.39 is 0 Å². The summed E-state index contributed by atoms with van der Waals surface area (Å²) < 4.78 is 0. The second kappa shape index (κ2) is 8.94. The average Bonchev–Trinajstić information content (AvgIpc) is 3.52. The Labute approximate surface area is 223 Å². The highest BCUT2D eigenvalue weighted by molar-refractivity contribution is 7.17. The topological polar surface area (TPSA) is 37.4 Å². The largest absolute Gasteiger partial charge is 0.301 e. The zero-order valence-electron chi connectivity index (χ0n) is 20.3. The highest BCUT2D eigenvalue weighted by Gasteiger charge is 2.34. The summed E-state index contributed by atoms with van der Waals surface area (Å²) in [7, 11) is 0. The molecule has 4 heteroatoms. The maximum atomic E-state index is 13.5. The fourth-order valence-electron chi connectivity index (χ4n) is 5.27. The normalized spacial score (nSPS) is 13.9. The Bertz CT molecular complexity index is 1910. The van der Waals surface area contributed by atoms with E-state index in [1.807, 2.05) is 60.7 Å². The van der Waals surface area contributed by atoms with Crippen LogP contribution < -0.4 is 4.90 Å². The molecule has 0 N–H and O–H groups in total. The molecule has 38 heavy (non-hydrogen) atoms. The van der Waals surface area contributed by atoms with Gasteiger partial charge in [-0.05, 0) is 58.6 Å². The number of para-hydroxylation sites is 1. The third-order valence-corrected chi connectivity index (χ3v) is 8.05. The van der Waals surface area contributed by atoms with Gasteiger partial charge in [0.2, 0.25) is 0 Å². The van der Waals surface area contributed by atoms with Crippen molar-refractivity contribution >= 4 is 66.9 Å². The van der Waals surface area contributed by atoms with Crippen LogP contribution in [0.15, 0.2) is 127 Å². The van der Waals surface area contributed by atoms with Crippen LogP contribution in [0.5, 0.6) is 0 Å². The number of hydrogen-bond acceptors (Lipinski definition) is 4. The number of rotatable bonds is 4. The fraction of sp³-hybridized carbons (Fsp3) is 0. The van der Waals surface area contributed by atoms with Gasteiger partial charge in [0.15, 0.2) is 11.6 Å². The second-order valence-corrected chi connectivity index (χ2v) is 10.4. The first kappa shape index (κ1) is 22.4. The van der Waals surface area contributed by atoms with Crippen LogP contribution in [-0.2, 0) is 0 Å². The Kier molecular flexibility index (Phi) is 5.27. The van der Waals surface area contributed by atoms with Gasteiger partial charge in [0.1, 0.15) is 5.00 Å². The van der Waals surface area contributed by atoms with Crippen molar-refractivity contribution in [2.75, 3.05) is 4.90 Å². The lowest BCUT2D eigenvalue weighted by atomic mass is 10.0. The van der Waals surface area contributed by atoms with Gasteiger partial charge >= 0.3 is 0 Å². The van der Waals surface area contributed by atoms with Crippen LogP contribution in [-0.4, -0.2) is 11.6 Å². The Morgan fingerprint density at radius 1 is 0.579 bits per heavy atom. The number of anilines is 3. The molecule has 7 rings (SSSR count). The molecule has 6 aromatic rings. The molecule has 1 aliphatic rings. The Morgan fingerprint density at radius 3 is 2.08 bits per heavy atom. The van der Waals surface area contributed by atoms with Gasteiger partial charge in [0, 0.05) is 27.1 Å². The zero-order chi connectivity index (χ0) is 25.6. The summed E-state index contributed by atoms with van der Waals surface area (Å²) in [4.78, 5) is 29.8. The number of ketones is 2. The molecular formula is C34H21NO2S. The van der Waals surface area contributed by atoms with Crippen LogP contribution in [0, 0.1) is 0 Å². The van der Waals surface area contributed by atoms with E-state index in [-0.39, 0.29) is 17.1 Å². The summed E-state index contributed by atoms with van der Waals surface area (Å²) >= 11 is 1.56. The monoisotopic (exact) mass is 507 g/mol. The van der Waals surface area contributed by atoms with E-state index in [2.05, 4.69) is 59.5 Å². The molecule has 1 heterocycles. The molecule has 0 unspecified atom stereocenters. The number of carbonyl (C=O) groups is 2.